The van der Waals surface area contributed by atoms with Crippen LogP contribution in [-0.4, -0.2) is 26.2 Å². The summed E-state index contributed by atoms with van der Waals surface area (Å²) in [6.45, 7) is 6.01. The molecule has 0 spiro atoms. The average Bonchev–Trinajstić information content (AvgIpc) is 2.02. The summed E-state index contributed by atoms with van der Waals surface area (Å²) in [6.07, 6.45) is 0.889. The summed E-state index contributed by atoms with van der Waals surface area (Å²) < 4.78 is 4.76. The van der Waals surface area contributed by atoms with Crippen LogP contribution >= 0.6 is 12.4 Å². The second kappa shape index (κ2) is 4.82. The standard InChI is InChI=1S/C9H17NO2.ClH/c1-9(2)6-10-5-4-7(9)8(11)12-3;/h7,10H,4-6H2,1-3H3;1H. The largest absolute Gasteiger partial charge is 0.469 e. The second-order valence-electron chi connectivity index (χ2n) is 4.03. The zero-order chi connectivity index (χ0) is 9.19. The molecule has 0 saturated carbocycles. The average molecular weight is 208 g/mol. The molecule has 78 valence electrons. The highest BCUT2D eigenvalue weighted by Crippen LogP contribution is 2.32. The summed E-state index contributed by atoms with van der Waals surface area (Å²) in [5.41, 5.74) is 0.0331. The Hall–Kier alpha value is -0.280. The third-order valence-corrected chi connectivity index (χ3v) is 2.62. The van der Waals surface area contributed by atoms with Gasteiger partial charge in [0.05, 0.1) is 13.0 Å². The molecule has 0 amide bonds. The minimum Gasteiger partial charge on any atom is -0.469 e. The van der Waals surface area contributed by atoms with Gasteiger partial charge in [-0.15, -0.1) is 12.4 Å². The molecule has 1 aliphatic heterocycles. The van der Waals surface area contributed by atoms with Crippen molar-refractivity contribution in [2.24, 2.45) is 11.3 Å². The third-order valence-electron chi connectivity index (χ3n) is 2.62. The van der Waals surface area contributed by atoms with Crippen molar-refractivity contribution in [2.75, 3.05) is 20.2 Å². The van der Waals surface area contributed by atoms with E-state index < -0.39 is 0 Å². The molecule has 1 saturated heterocycles. The van der Waals surface area contributed by atoms with E-state index in [-0.39, 0.29) is 29.7 Å². The van der Waals surface area contributed by atoms with Gasteiger partial charge in [0.25, 0.3) is 0 Å². The molecule has 0 radical (unpaired) electrons. The first kappa shape index (κ1) is 12.7. The Bertz CT molecular complexity index is 182. The summed E-state index contributed by atoms with van der Waals surface area (Å²) in [5, 5.41) is 3.28. The Morgan fingerprint density at radius 2 is 2.15 bits per heavy atom. The lowest BCUT2D eigenvalue weighted by atomic mass is 9.75. The van der Waals surface area contributed by atoms with Crippen LogP contribution in [0.5, 0.6) is 0 Å². The number of methoxy groups -OCH3 is 1. The highest BCUT2D eigenvalue weighted by molar-refractivity contribution is 5.85. The number of hydrogen-bond donors (Lipinski definition) is 1. The number of rotatable bonds is 1. The molecule has 13 heavy (non-hydrogen) atoms. The van der Waals surface area contributed by atoms with Crippen LogP contribution in [-0.2, 0) is 9.53 Å². The SMILES string of the molecule is COC(=O)C1CCNCC1(C)C.Cl. The molecule has 1 atom stereocenters. The van der Waals surface area contributed by atoms with Crippen LogP contribution in [0, 0.1) is 11.3 Å². The topological polar surface area (TPSA) is 38.3 Å². The predicted octanol–water partition coefficient (Wildman–Crippen LogP) is 1.22. The van der Waals surface area contributed by atoms with Crippen LogP contribution in [0.3, 0.4) is 0 Å². The number of esters is 1. The number of carbonyl (C=O) groups excluding carboxylic acids is 1. The molecule has 0 aromatic rings. The smallest absolute Gasteiger partial charge is 0.309 e. The third kappa shape index (κ3) is 2.85. The summed E-state index contributed by atoms with van der Waals surface area (Å²) >= 11 is 0. The minimum absolute atomic E-state index is 0. The number of ether oxygens (including phenoxy) is 1. The van der Waals surface area contributed by atoms with Crippen LogP contribution in [0.2, 0.25) is 0 Å². The highest BCUT2D eigenvalue weighted by atomic mass is 35.5. The Balaban J connectivity index is 0.00000144. The van der Waals surface area contributed by atoms with Gasteiger partial charge in [-0.05, 0) is 18.4 Å². The lowest BCUT2D eigenvalue weighted by Gasteiger charge is -2.36. The number of halogens is 1. The van der Waals surface area contributed by atoms with Crippen LogP contribution in [0.25, 0.3) is 0 Å². The first-order valence-electron chi connectivity index (χ1n) is 4.36. The van der Waals surface area contributed by atoms with E-state index in [9.17, 15) is 4.79 Å². The van der Waals surface area contributed by atoms with E-state index in [1.165, 1.54) is 7.11 Å². The normalized spacial score (nSPS) is 25.9. The van der Waals surface area contributed by atoms with Gasteiger partial charge in [-0.25, -0.2) is 0 Å². The zero-order valence-electron chi connectivity index (χ0n) is 8.42. The first-order chi connectivity index (χ1) is 5.58. The van der Waals surface area contributed by atoms with E-state index in [1.807, 2.05) is 0 Å². The fourth-order valence-electron chi connectivity index (χ4n) is 1.75. The molecule has 4 heteroatoms. The van der Waals surface area contributed by atoms with Gasteiger partial charge in [0.1, 0.15) is 0 Å². The molecular formula is C9H18ClNO2. The molecule has 1 fully saturated rings. The monoisotopic (exact) mass is 207 g/mol. The molecule has 0 aromatic carbocycles. The van der Waals surface area contributed by atoms with Crippen molar-refractivity contribution in [1.82, 2.24) is 5.32 Å². The van der Waals surface area contributed by atoms with Gasteiger partial charge in [0.2, 0.25) is 0 Å². The van der Waals surface area contributed by atoms with E-state index in [2.05, 4.69) is 19.2 Å². The molecule has 1 aliphatic rings. The van der Waals surface area contributed by atoms with Crippen LogP contribution in [0.1, 0.15) is 20.3 Å². The van der Waals surface area contributed by atoms with E-state index in [4.69, 9.17) is 4.74 Å². The van der Waals surface area contributed by atoms with Crippen LogP contribution < -0.4 is 5.32 Å². The molecular weight excluding hydrogens is 190 g/mol. The Labute approximate surface area is 85.6 Å². The summed E-state index contributed by atoms with van der Waals surface area (Å²) in [5.74, 6) is -0.00903. The van der Waals surface area contributed by atoms with E-state index >= 15 is 0 Å². The quantitative estimate of drug-likeness (QED) is 0.658. The van der Waals surface area contributed by atoms with Crippen molar-refractivity contribution in [2.45, 2.75) is 20.3 Å². The van der Waals surface area contributed by atoms with Crippen molar-refractivity contribution in [3.8, 4) is 0 Å². The van der Waals surface area contributed by atoms with Crippen molar-refractivity contribution < 1.29 is 9.53 Å². The summed E-state index contributed by atoms with van der Waals surface area (Å²) in [7, 11) is 1.46. The Morgan fingerprint density at radius 1 is 1.54 bits per heavy atom. The predicted molar refractivity (Wildman–Crippen MR) is 54.0 cm³/mol. The second-order valence-corrected chi connectivity index (χ2v) is 4.03. The van der Waals surface area contributed by atoms with Gasteiger partial charge in [0.15, 0.2) is 0 Å². The molecule has 1 rings (SSSR count). The number of hydrogen-bond acceptors (Lipinski definition) is 3. The van der Waals surface area contributed by atoms with Crippen molar-refractivity contribution in [3.63, 3.8) is 0 Å². The van der Waals surface area contributed by atoms with E-state index in [0.29, 0.717) is 0 Å². The van der Waals surface area contributed by atoms with Gasteiger partial charge in [0, 0.05) is 6.54 Å². The van der Waals surface area contributed by atoms with Crippen molar-refractivity contribution in [3.05, 3.63) is 0 Å². The van der Waals surface area contributed by atoms with Crippen LogP contribution in [0.4, 0.5) is 0 Å². The molecule has 1 N–H and O–H groups in total. The molecule has 1 heterocycles. The zero-order valence-corrected chi connectivity index (χ0v) is 9.24. The lowest BCUT2D eigenvalue weighted by molar-refractivity contribution is -0.150. The maximum absolute atomic E-state index is 11.3. The van der Waals surface area contributed by atoms with Crippen molar-refractivity contribution in [1.29, 1.82) is 0 Å². The van der Waals surface area contributed by atoms with Gasteiger partial charge in [-0.3, -0.25) is 4.79 Å². The molecule has 1 unspecified atom stereocenters. The van der Waals surface area contributed by atoms with Crippen molar-refractivity contribution >= 4 is 18.4 Å². The molecule has 0 aliphatic carbocycles. The lowest BCUT2D eigenvalue weighted by Crippen LogP contribution is -2.46. The van der Waals surface area contributed by atoms with Crippen LogP contribution in [0.15, 0.2) is 0 Å². The highest BCUT2D eigenvalue weighted by Gasteiger charge is 2.37. The molecule has 0 aromatic heterocycles. The number of piperidine rings is 1. The summed E-state index contributed by atoms with van der Waals surface area (Å²) in [4.78, 5) is 11.3. The number of carbonyl (C=O) groups is 1. The van der Waals surface area contributed by atoms with Gasteiger partial charge < -0.3 is 10.1 Å². The number of nitrogens with one attached hydrogen (secondary N) is 1. The maximum atomic E-state index is 11.3. The Kier molecular flexibility index (Phi) is 4.71. The summed E-state index contributed by atoms with van der Waals surface area (Å²) in [6, 6.07) is 0. The fourth-order valence-corrected chi connectivity index (χ4v) is 1.75. The van der Waals surface area contributed by atoms with E-state index in [0.717, 1.165) is 19.5 Å². The first-order valence-corrected chi connectivity index (χ1v) is 4.36. The Morgan fingerprint density at radius 3 is 2.62 bits per heavy atom. The minimum atomic E-state index is -0.0681. The van der Waals surface area contributed by atoms with Gasteiger partial charge in [-0.2, -0.15) is 0 Å². The van der Waals surface area contributed by atoms with Gasteiger partial charge in [-0.1, -0.05) is 13.8 Å². The van der Waals surface area contributed by atoms with E-state index in [1.54, 1.807) is 0 Å². The maximum Gasteiger partial charge on any atom is 0.309 e. The fraction of sp³-hybridized carbons (Fsp3) is 0.889. The van der Waals surface area contributed by atoms with Gasteiger partial charge >= 0.3 is 5.97 Å². The molecule has 0 bridgehead atoms. The molecule has 3 nitrogen and oxygen atoms in total.